The quantitative estimate of drug-likeness (QED) is 0.830. The van der Waals surface area contributed by atoms with Gasteiger partial charge in [-0.15, -0.1) is 0 Å². The summed E-state index contributed by atoms with van der Waals surface area (Å²) in [6.45, 7) is 9.93. The summed E-state index contributed by atoms with van der Waals surface area (Å²) < 4.78 is 36.2. The molecule has 0 atom stereocenters. The molecule has 0 aromatic rings. The molecule has 0 aromatic heterocycles. The Labute approximate surface area is 114 Å². The maximum Gasteiger partial charge on any atom is 0.389 e. The molecule has 2 nitrogen and oxygen atoms in total. The van der Waals surface area contributed by atoms with Gasteiger partial charge in [0.2, 0.25) is 0 Å². The first kappa shape index (κ1) is 16.8. The average Bonchev–Trinajstić information content (AvgIpc) is 2.25. The number of hydrogen-bond donors (Lipinski definition) is 1. The van der Waals surface area contributed by atoms with Crippen molar-refractivity contribution in [3.63, 3.8) is 0 Å². The Morgan fingerprint density at radius 2 is 1.68 bits per heavy atom. The van der Waals surface area contributed by atoms with Gasteiger partial charge in [-0.1, -0.05) is 0 Å². The predicted octanol–water partition coefficient (Wildman–Crippen LogP) is 3.43. The molecule has 5 heteroatoms. The first-order valence-electron chi connectivity index (χ1n) is 7.20. The molecule has 0 unspecified atom stereocenters. The fourth-order valence-corrected chi connectivity index (χ4v) is 2.37. The molecule has 114 valence electrons. The lowest BCUT2D eigenvalue weighted by atomic mass is 9.95. The van der Waals surface area contributed by atoms with Crippen LogP contribution in [-0.4, -0.2) is 42.8 Å². The van der Waals surface area contributed by atoms with Crippen LogP contribution in [0.5, 0.6) is 0 Å². The second-order valence-electron chi connectivity index (χ2n) is 6.63. The Morgan fingerprint density at radius 1 is 1.11 bits per heavy atom. The summed E-state index contributed by atoms with van der Waals surface area (Å²) in [5.74, 6) is 0.665. The minimum Gasteiger partial charge on any atom is -0.312 e. The Morgan fingerprint density at radius 3 is 2.16 bits per heavy atom. The Kier molecular flexibility index (Phi) is 6.12. The van der Waals surface area contributed by atoms with Crippen molar-refractivity contribution < 1.29 is 13.2 Å². The minimum atomic E-state index is -4.01. The lowest BCUT2D eigenvalue weighted by molar-refractivity contribution is -0.136. The average molecular weight is 280 g/mol. The molecule has 0 aromatic carbocycles. The molecule has 0 spiro atoms. The van der Waals surface area contributed by atoms with E-state index in [9.17, 15) is 13.2 Å². The van der Waals surface area contributed by atoms with E-state index < -0.39 is 12.6 Å². The molecular weight excluding hydrogens is 253 g/mol. The van der Waals surface area contributed by atoms with Crippen LogP contribution in [0, 0.1) is 5.92 Å². The summed E-state index contributed by atoms with van der Waals surface area (Å²) in [4.78, 5) is 2.17. The Balaban J connectivity index is 2.12. The number of nitrogens with zero attached hydrogens (tertiary/aromatic N) is 1. The molecule has 1 aliphatic heterocycles. The van der Waals surface area contributed by atoms with Crippen molar-refractivity contribution >= 4 is 0 Å². The van der Waals surface area contributed by atoms with Crippen molar-refractivity contribution in [3.8, 4) is 0 Å². The van der Waals surface area contributed by atoms with Crippen molar-refractivity contribution in [3.05, 3.63) is 0 Å². The standard InChI is InChI=1S/C14H27F3N2/c1-13(2,3)18-11-12-5-9-19(10-6-12)8-4-7-14(15,16)17/h12,18H,4-11H2,1-3H3. The van der Waals surface area contributed by atoms with Gasteiger partial charge in [0.1, 0.15) is 0 Å². The van der Waals surface area contributed by atoms with Gasteiger partial charge < -0.3 is 10.2 Å². The summed E-state index contributed by atoms with van der Waals surface area (Å²) in [6, 6.07) is 0. The molecule has 1 fully saturated rings. The van der Waals surface area contributed by atoms with Crippen molar-refractivity contribution in [2.24, 2.45) is 5.92 Å². The molecule has 1 N–H and O–H groups in total. The third-order valence-electron chi connectivity index (χ3n) is 3.56. The van der Waals surface area contributed by atoms with Gasteiger partial charge in [0.15, 0.2) is 0 Å². The van der Waals surface area contributed by atoms with Crippen LogP contribution in [0.1, 0.15) is 46.5 Å². The summed E-state index contributed by atoms with van der Waals surface area (Å²) >= 11 is 0. The summed E-state index contributed by atoms with van der Waals surface area (Å²) in [5, 5.41) is 3.50. The smallest absolute Gasteiger partial charge is 0.312 e. The van der Waals surface area contributed by atoms with Crippen molar-refractivity contribution in [1.29, 1.82) is 0 Å². The van der Waals surface area contributed by atoms with E-state index in [0.717, 1.165) is 32.5 Å². The van der Waals surface area contributed by atoms with Crippen molar-refractivity contribution in [1.82, 2.24) is 10.2 Å². The zero-order valence-corrected chi connectivity index (χ0v) is 12.3. The van der Waals surface area contributed by atoms with E-state index in [2.05, 4.69) is 31.0 Å². The molecular formula is C14H27F3N2. The van der Waals surface area contributed by atoms with E-state index in [0.29, 0.717) is 12.5 Å². The van der Waals surface area contributed by atoms with Crippen LogP contribution in [0.15, 0.2) is 0 Å². The van der Waals surface area contributed by atoms with Crippen LogP contribution in [0.2, 0.25) is 0 Å². The molecule has 0 amide bonds. The molecule has 19 heavy (non-hydrogen) atoms. The second-order valence-corrected chi connectivity index (χ2v) is 6.63. The number of nitrogens with one attached hydrogen (secondary N) is 1. The van der Waals surface area contributed by atoms with Crippen molar-refractivity contribution in [2.75, 3.05) is 26.2 Å². The van der Waals surface area contributed by atoms with E-state index in [1.54, 1.807) is 0 Å². The molecule has 0 bridgehead atoms. The number of rotatable bonds is 5. The molecule has 0 saturated carbocycles. The van der Waals surface area contributed by atoms with Crippen LogP contribution >= 0.6 is 0 Å². The zero-order valence-electron chi connectivity index (χ0n) is 12.3. The van der Waals surface area contributed by atoms with Gasteiger partial charge in [-0.3, -0.25) is 0 Å². The molecule has 1 saturated heterocycles. The van der Waals surface area contributed by atoms with Gasteiger partial charge in [-0.25, -0.2) is 0 Å². The highest BCUT2D eigenvalue weighted by Crippen LogP contribution is 2.23. The first-order chi connectivity index (χ1) is 8.66. The normalized spacial score (nSPS) is 19.9. The second kappa shape index (κ2) is 6.93. The highest BCUT2D eigenvalue weighted by Gasteiger charge is 2.27. The number of piperidine rings is 1. The van der Waals surface area contributed by atoms with E-state index in [1.807, 2.05) is 0 Å². The molecule has 1 aliphatic rings. The lowest BCUT2D eigenvalue weighted by Gasteiger charge is -2.33. The molecule has 0 radical (unpaired) electrons. The van der Waals surface area contributed by atoms with Gasteiger partial charge in [0.25, 0.3) is 0 Å². The number of halogens is 3. The Hall–Kier alpha value is -0.290. The highest BCUT2D eigenvalue weighted by molar-refractivity contribution is 4.78. The van der Waals surface area contributed by atoms with E-state index in [4.69, 9.17) is 0 Å². The van der Waals surface area contributed by atoms with Gasteiger partial charge >= 0.3 is 6.18 Å². The SMILES string of the molecule is CC(C)(C)NCC1CCN(CCCC(F)(F)F)CC1. The van der Waals surface area contributed by atoms with E-state index in [-0.39, 0.29) is 12.0 Å². The largest absolute Gasteiger partial charge is 0.389 e. The number of likely N-dealkylation sites (tertiary alicyclic amines) is 1. The first-order valence-corrected chi connectivity index (χ1v) is 7.20. The topological polar surface area (TPSA) is 15.3 Å². The minimum absolute atomic E-state index is 0.143. The van der Waals surface area contributed by atoms with E-state index >= 15 is 0 Å². The molecule has 1 rings (SSSR count). The van der Waals surface area contributed by atoms with Crippen molar-refractivity contribution in [2.45, 2.75) is 58.2 Å². The van der Waals surface area contributed by atoms with E-state index in [1.165, 1.54) is 0 Å². The van der Waals surface area contributed by atoms with Gasteiger partial charge in [0, 0.05) is 12.0 Å². The molecule has 0 aliphatic carbocycles. The number of alkyl halides is 3. The fraction of sp³-hybridized carbons (Fsp3) is 1.00. The lowest BCUT2D eigenvalue weighted by Crippen LogP contribution is -2.43. The van der Waals surface area contributed by atoms with Crippen LogP contribution in [0.25, 0.3) is 0 Å². The van der Waals surface area contributed by atoms with Crippen LogP contribution in [0.4, 0.5) is 13.2 Å². The predicted molar refractivity (Wildman–Crippen MR) is 72.2 cm³/mol. The Bertz CT molecular complexity index is 250. The maximum absolute atomic E-state index is 12.1. The summed E-state index contributed by atoms with van der Waals surface area (Å²) in [7, 11) is 0. The molecule has 1 heterocycles. The third kappa shape index (κ3) is 8.47. The number of hydrogen-bond acceptors (Lipinski definition) is 2. The van der Waals surface area contributed by atoms with Gasteiger partial charge in [-0.2, -0.15) is 13.2 Å². The van der Waals surface area contributed by atoms with Crippen LogP contribution < -0.4 is 5.32 Å². The zero-order chi connectivity index (χ0) is 14.5. The van der Waals surface area contributed by atoms with Gasteiger partial charge in [0.05, 0.1) is 0 Å². The maximum atomic E-state index is 12.1. The third-order valence-corrected chi connectivity index (χ3v) is 3.56. The van der Waals surface area contributed by atoms with Gasteiger partial charge in [-0.05, 0) is 72.1 Å². The fourth-order valence-electron chi connectivity index (χ4n) is 2.37. The monoisotopic (exact) mass is 280 g/mol. The summed E-state index contributed by atoms with van der Waals surface area (Å²) in [5.41, 5.74) is 0.143. The van der Waals surface area contributed by atoms with Crippen LogP contribution in [0.3, 0.4) is 0 Å². The highest BCUT2D eigenvalue weighted by atomic mass is 19.4. The summed E-state index contributed by atoms with van der Waals surface area (Å²) in [6.07, 6.45) is -2.24. The van der Waals surface area contributed by atoms with Crippen LogP contribution in [-0.2, 0) is 0 Å².